The molecule has 0 heterocycles. The van der Waals surface area contributed by atoms with Crippen LogP contribution in [0.15, 0.2) is 0 Å². The highest BCUT2D eigenvalue weighted by atomic mass is 16.2. The number of nitrogens with two attached hydrogens (primary N) is 1. The summed E-state index contributed by atoms with van der Waals surface area (Å²) in [5.74, 6) is 0.121. The first kappa shape index (κ1) is 11.4. The molecule has 0 aromatic carbocycles. The van der Waals surface area contributed by atoms with E-state index >= 15 is 0 Å². The lowest BCUT2D eigenvalue weighted by Crippen LogP contribution is -2.45. The van der Waals surface area contributed by atoms with Gasteiger partial charge in [-0.05, 0) is 33.7 Å². The third kappa shape index (κ3) is 3.72. The topological polar surface area (TPSA) is 46.3 Å². The Bertz CT molecular complexity index is 149. The van der Waals surface area contributed by atoms with Crippen molar-refractivity contribution >= 4 is 5.91 Å². The first-order valence-corrected chi connectivity index (χ1v) is 4.38. The van der Waals surface area contributed by atoms with E-state index < -0.39 is 0 Å². The zero-order chi connectivity index (χ0) is 9.78. The minimum absolute atomic E-state index is 0.0823. The Balaban J connectivity index is 4.15. The van der Waals surface area contributed by atoms with E-state index in [1.165, 1.54) is 0 Å². The van der Waals surface area contributed by atoms with Gasteiger partial charge in [0.25, 0.3) is 0 Å². The first-order valence-electron chi connectivity index (χ1n) is 4.38. The quantitative estimate of drug-likeness (QED) is 0.690. The van der Waals surface area contributed by atoms with E-state index in [0.717, 1.165) is 13.0 Å². The van der Waals surface area contributed by atoms with Crippen LogP contribution < -0.4 is 5.73 Å². The lowest BCUT2D eigenvalue weighted by Gasteiger charge is -2.34. The van der Waals surface area contributed by atoms with Gasteiger partial charge in [0.15, 0.2) is 0 Å². The van der Waals surface area contributed by atoms with Crippen molar-refractivity contribution in [1.82, 2.24) is 4.90 Å². The predicted octanol–water partition coefficient (Wildman–Crippen LogP) is 0.982. The van der Waals surface area contributed by atoms with Gasteiger partial charge in [0, 0.05) is 19.0 Å². The van der Waals surface area contributed by atoms with Gasteiger partial charge in [0.2, 0.25) is 5.91 Å². The molecule has 0 saturated heterocycles. The van der Waals surface area contributed by atoms with Crippen molar-refractivity contribution in [3.05, 3.63) is 0 Å². The van der Waals surface area contributed by atoms with Gasteiger partial charge < -0.3 is 10.6 Å². The van der Waals surface area contributed by atoms with E-state index in [-0.39, 0.29) is 11.4 Å². The van der Waals surface area contributed by atoms with E-state index in [2.05, 4.69) is 0 Å². The van der Waals surface area contributed by atoms with Gasteiger partial charge in [-0.1, -0.05) is 0 Å². The summed E-state index contributed by atoms with van der Waals surface area (Å²) < 4.78 is 0. The molecule has 12 heavy (non-hydrogen) atoms. The Morgan fingerprint density at radius 2 is 1.92 bits per heavy atom. The summed E-state index contributed by atoms with van der Waals surface area (Å²) in [6.07, 6.45) is 0.872. The molecule has 0 aliphatic heterocycles. The maximum atomic E-state index is 11.2. The van der Waals surface area contributed by atoms with Crippen molar-refractivity contribution in [2.45, 2.75) is 39.7 Å². The standard InChI is InChI=1S/C9H20N2O/c1-8(12)11(7-5-6-10)9(2,3)4/h5-7,10H2,1-4H3. The van der Waals surface area contributed by atoms with Crippen LogP contribution in [0.2, 0.25) is 0 Å². The molecule has 0 aromatic rings. The number of hydrogen-bond acceptors (Lipinski definition) is 2. The molecule has 0 aliphatic rings. The number of nitrogens with zero attached hydrogens (tertiary/aromatic N) is 1. The van der Waals surface area contributed by atoms with Crippen LogP contribution in [0, 0.1) is 0 Å². The van der Waals surface area contributed by atoms with Crippen molar-refractivity contribution in [3.8, 4) is 0 Å². The Morgan fingerprint density at radius 3 is 2.17 bits per heavy atom. The molecule has 1 amide bonds. The second kappa shape index (κ2) is 4.45. The van der Waals surface area contributed by atoms with Gasteiger partial charge >= 0.3 is 0 Å². The zero-order valence-corrected chi connectivity index (χ0v) is 8.55. The monoisotopic (exact) mass is 172 g/mol. The number of hydrogen-bond donors (Lipinski definition) is 1. The summed E-state index contributed by atoms with van der Waals surface area (Å²) in [4.78, 5) is 13.0. The average molecular weight is 172 g/mol. The fraction of sp³-hybridized carbons (Fsp3) is 0.889. The van der Waals surface area contributed by atoms with Crippen LogP contribution >= 0.6 is 0 Å². The second-order valence-electron chi connectivity index (χ2n) is 3.98. The average Bonchev–Trinajstić information content (AvgIpc) is 1.84. The normalized spacial score (nSPS) is 11.4. The van der Waals surface area contributed by atoms with Crippen molar-refractivity contribution in [1.29, 1.82) is 0 Å². The Morgan fingerprint density at radius 1 is 1.42 bits per heavy atom. The minimum Gasteiger partial charge on any atom is -0.338 e. The Kier molecular flexibility index (Phi) is 4.24. The van der Waals surface area contributed by atoms with Gasteiger partial charge in [-0.2, -0.15) is 0 Å². The highest BCUT2D eigenvalue weighted by molar-refractivity contribution is 5.74. The Labute approximate surface area is 74.9 Å². The number of rotatable bonds is 3. The van der Waals surface area contributed by atoms with E-state index in [1.54, 1.807) is 6.92 Å². The van der Waals surface area contributed by atoms with E-state index in [0.29, 0.717) is 6.54 Å². The molecule has 0 fully saturated rings. The molecule has 0 spiro atoms. The van der Waals surface area contributed by atoms with E-state index in [9.17, 15) is 4.79 Å². The maximum absolute atomic E-state index is 11.2. The summed E-state index contributed by atoms with van der Waals surface area (Å²) in [5, 5.41) is 0. The Hall–Kier alpha value is -0.570. The molecule has 0 unspecified atom stereocenters. The van der Waals surface area contributed by atoms with Crippen LogP contribution in [0.5, 0.6) is 0 Å². The summed E-state index contributed by atoms with van der Waals surface area (Å²) in [7, 11) is 0. The SMILES string of the molecule is CC(=O)N(CCCN)C(C)(C)C. The summed E-state index contributed by atoms with van der Waals surface area (Å²) in [5.41, 5.74) is 5.30. The van der Waals surface area contributed by atoms with E-state index in [1.807, 2.05) is 25.7 Å². The van der Waals surface area contributed by atoms with Crippen LogP contribution in [0.4, 0.5) is 0 Å². The molecule has 0 bridgehead atoms. The van der Waals surface area contributed by atoms with E-state index in [4.69, 9.17) is 5.73 Å². The summed E-state index contributed by atoms with van der Waals surface area (Å²) in [6, 6.07) is 0. The molecule has 0 radical (unpaired) electrons. The van der Waals surface area contributed by atoms with Crippen LogP contribution in [-0.2, 0) is 4.79 Å². The van der Waals surface area contributed by atoms with Gasteiger partial charge in [-0.3, -0.25) is 4.79 Å². The van der Waals surface area contributed by atoms with Crippen LogP contribution in [0.1, 0.15) is 34.1 Å². The van der Waals surface area contributed by atoms with Gasteiger partial charge in [-0.15, -0.1) is 0 Å². The third-order valence-electron chi connectivity index (χ3n) is 1.78. The number of amides is 1. The molecule has 0 aliphatic carbocycles. The van der Waals surface area contributed by atoms with Gasteiger partial charge in [0.05, 0.1) is 0 Å². The maximum Gasteiger partial charge on any atom is 0.219 e. The van der Waals surface area contributed by atoms with Crippen molar-refractivity contribution in [2.24, 2.45) is 5.73 Å². The lowest BCUT2D eigenvalue weighted by molar-refractivity contribution is -0.133. The van der Waals surface area contributed by atoms with Crippen LogP contribution in [0.25, 0.3) is 0 Å². The van der Waals surface area contributed by atoms with Crippen LogP contribution in [0.3, 0.4) is 0 Å². The number of carbonyl (C=O) groups is 1. The summed E-state index contributed by atoms with van der Waals surface area (Å²) >= 11 is 0. The molecular formula is C9H20N2O. The molecule has 0 atom stereocenters. The molecule has 3 nitrogen and oxygen atoms in total. The molecule has 72 valence electrons. The second-order valence-corrected chi connectivity index (χ2v) is 3.98. The van der Waals surface area contributed by atoms with Gasteiger partial charge in [0.1, 0.15) is 0 Å². The largest absolute Gasteiger partial charge is 0.338 e. The predicted molar refractivity (Wildman–Crippen MR) is 50.8 cm³/mol. The first-order chi connectivity index (χ1) is 5.39. The molecule has 0 aromatic heterocycles. The van der Waals surface area contributed by atoms with Gasteiger partial charge in [-0.25, -0.2) is 0 Å². The lowest BCUT2D eigenvalue weighted by atomic mass is 10.1. The molecule has 2 N–H and O–H groups in total. The minimum atomic E-state index is -0.0823. The fourth-order valence-electron chi connectivity index (χ4n) is 1.21. The summed E-state index contributed by atoms with van der Waals surface area (Å²) in [6.45, 7) is 9.09. The van der Waals surface area contributed by atoms with Crippen molar-refractivity contribution < 1.29 is 4.79 Å². The zero-order valence-electron chi connectivity index (χ0n) is 8.55. The van der Waals surface area contributed by atoms with Crippen molar-refractivity contribution in [2.75, 3.05) is 13.1 Å². The smallest absolute Gasteiger partial charge is 0.219 e. The highest BCUT2D eigenvalue weighted by Gasteiger charge is 2.22. The molecule has 0 rings (SSSR count). The number of carbonyl (C=O) groups excluding carboxylic acids is 1. The van der Waals surface area contributed by atoms with Crippen LogP contribution in [-0.4, -0.2) is 29.4 Å². The molecular weight excluding hydrogens is 152 g/mol. The highest BCUT2D eigenvalue weighted by Crippen LogP contribution is 2.13. The fourth-order valence-corrected chi connectivity index (χ4v) is 1.21. The van der Waals surface area contributed by atoms with Crippen molar-refractivity contribution in [3.63, 3.8) is 0 Å². The molecule has 3 heteroatoms. The third-order valence-corrected chi connectivity index (χ3v) is 1.78. The molecule has 0 saturated carbocycles.